The predicted molar refractivity (Wildman–Crippen MR) is 145 cm³/mol. The topological polar surface area (TPSA) is 118 Å². The van der Waals surface area contributed by atoms with Crippen molar-refractivity contribution in [3.63, 3.8) is 0 Å². The zero-order valence-corrected chi connectivity index (χ0v) is 22.2. The summed E-state index contributed by atoms with van der Waals surface area (Å²) < 4.78 is 1.50. The van der Waals surface area contributed by atoms with Gasteiger partial charge in [-0.15, -0.1) is 10.2 Å². The lowest BCUT2D eigenvalue weighted by molar-refractivity contribution is -0.279. The predicted octanol–water partition coefficient (Wildman–Crippen LogP) is 3.05. The van der Waals surface area contributed by atoms with Gasteiger partial charge in [-0.1, -0.05) is 41.9 Å². The summed E-state index contributed by atoms with van der Waals surface area (Å²) in [6.45, 7) is 0.456. The molecule has 2 aliphatic heterocycles. The highest BCUT2D eigenvalue weighted by Gasteiger charge is 2.33. The van der Waals surface area contributed by atoms with Crippen molar-refractivity contribution < 1.29 is 19.3 Å². The van der Waals surface area contributed by atoms with E-state index < -0.39 is 6.04 Å². The standard InChI is InChI=1S/C27H25ClN8O4/c1-33-14-19-12-21(8-9-22(19)27(33)38)30-26(37)25(11-18-5-3-2-4-6-18)36-17-39-35(16-40-36)24-13-20(28)7-10-23(24)34-15-29-31-32-34/h2-10,12-13,15,25H,11,14,16-17H2,1H3,(H,30,37). The number of anilines is 2. The maximum absolute atomic E-state index is 13.6. The smallest absolute Gasteiger partial charge is 0.254 e. The number of hydrogen-bond acceptors (Lipinski definition) is 9. The summed E-state index contributed by atoms with van der Waals surface area (Å²) in [5.74, 6) is -0.295. The Bertz CT molecular complexity index is 1530. The Morgan fingerprint density at radius 2 is 1.90 bits per heavy atom. The van der Waals surface area contributed by atoms with Crippen LogP contribution in [0, 0.1) is 0 Å². The van der Waals surface area contributed by atoms with Gasteiger partial charge in [0.05, 0.1) is 11.4 Å². The Labute approximate surface area is 234 Å². The largest absolute Gasteiger partial charge is 0.337 e. The van der Waals surface area contributed by atoms with Gasteiger partial charge in [0.1, 0.15) is 12.4 Å². The number of carbonyl (C=O) groups excluding carboxylic acids is 2. The normalized spacial score (nSPS) is 16.2. The fourth-order valence-electron chi connectivity index (χ4n) is 4.74. The second-order valence-electron chi connectivity index (χ2n) is 9.43. The average molecular weight is 561 g/mol. The van der Waals surface area contributed by atoms with Gasteiger partial charge in [-0.25, -0.2) is 5.06 Å². The molecule has 12 nitrogen and oxygen atoms in total. The summed E-state index contributed by atoms with van der Waals surface area (Å²) in [4.78, 5) is 39.6. The SMILES string of the molecule is CN1Cc2cc(NC(=O)C(Cc3ccccc3)N3CON(c4cc(Cl)ccc4-n4cnnn4)CO3)ccc2C1=O. The molecular weight excluding hydrogens is 536 g/mol. The first-order valence-electron chi connectivity index (χ1n) is 12.5. The van der Waals surface area contributed by atoms with Crippen molar-refractivity contribution in [3.05, 3.63) is 94.8 Å². The van der Waals surface area contributed by atoms with Crippen LogP contribution in [-0.2, 0) is 27.4 Å². The fourth-order valence-corrected chi connectivity index (χ4v) is 4.91. The molecule has 1 unspecified atom stereocenters. The number of aromatic nitrogens is 4. The molecule has 1 aromatic heterocycles. The number of benzene rings is 3. The maximum atomic E-state index is 13.6. The van der Waals surface area contributed by atoms with Crippen LogP contribution < -0.4 is 10.4 Å². The van der Waals surface area contributed by atoms with Crippen molar-refractivity contribution >= 4 is 34.8 Å². The minimum absolute atomic E-state index is 0.0126. The van der Waals surface area contributed by atoms with E-state index in [-0.39, 0.29) is 25.3 Å². The molecule has 1 fully saturated rings. The molecule has 2 aliphatic rings. The van der Waals surface area contributed by atoms with Crippen LogP contribution in [0.1, 0.15) is 21.5 Å². The molecule has 40 heavy (non-hydrogen) atoms. The number of halogens is 1. The van der Waals surface area contributed by atoms with Gasteiger partial charge in [0.2, 0.25) is 5.91 Å². The first-order valence-corrected chi connectivity index (χ1v) is 12.9. The van der Waals surface area contributed by atoms with Gasteiger partial charge in [-0.3, -0.25) is 19.3 Å². The van der Waals surface area contributed by atoms with Crippen molar-refractivity contribution in [2.45, 2.75) is 19.0 Å². The van der Waals surface area contributed by atoms with E-state index in [0.29, 0.717) is 40.6 Å². The molecule has 204 valence electrons. The average Bonchev–Trinajstić information content (AvgIpc) is 3.60. The lowest BCUT2D eigenvalue weighted by Crippen LogP contribution is -2.52. The molecule has 3 heterocycles. The molecule has 2 amide bonds. The van der Waals surface area contributed by atoms with E-state index in [0.717, 1.165) is 11.1 Å². The number of tetrazole rings is 1. The van der Waals surface area contributed by atoms with Gasteiger partial charge >= 0.3 is 0 Å². The Balaban J connectivity index is 1.20. The van der Waals surface area contributed by atoms with Crippen LogP contribution >= 0.6 is 11.6 Å². The number of carbonyl (C=O) groups is 2. The molecule has 1 N–H and O–H groups in total. The summed E-state index contributed by atoms with van der Waals surface area (Å²) in [7, 11) is 1.75. The quantitative estimate of drug-likeness (QED) is 0.364. The minimum atomic E-state index is -0.708. The molecule has 13 heteroatoms. The second-order valence-corrected chi connectivity index (χ2v) is 9.86. The summed E-state index contributed by atoms with van der Waals surface area (Å²) in [5.41, 5.74) is 4.33. The van der Waals surface area contributed by atoms with Crippen LogP contribution in [0.15, 0.2) is 73.1 Å². The summed E-state index contributed by atoms with van der Waals surface area (Å²) in [6, 6.07) is 19.5. The molecule has 3 aromatic carbocycles. The molecule has 4 aromatic rings. The first kappa shape index (κ1) is 25.9. The van der Waals surface area contributed by atoms with Crippen LogP contribution in [0.4, 0.5) is 11.4 Å². The molecule has 0 saturated carbocycles. The number of rotatable bonds is 7. The highest BCUT2D eigenvalue weighted by molar-refractivity contribution is 6.31. The molecule has 1 saturated heterocycles. The number of hydroxylamine groups is 3. The Morgan fingerprint density at radius 3 is 2.65 bits per heavy atom. The van der Waals surface area contributed by atoms with Gasteiger partial charge in [0.15, 0.2) is 13.5 Å². The van der Waals surface area contributed by atoms with Crippen LogP contribution in [0.25, 0.3) is 5.69 Å². The van der Waals surface area contributed by atoms with Crippen molar-refractivity contribution in [2.75, 3.05) is 30.9 Å². The molecule has 0 bridgehead atoms. The summed E-state index contributed by atoms with van der Waals surface area (Å²) in [5, 5.41) is 17.9. The Hall–Kier alpha value is -4.36. The molecular formula is C27H25ClN8O4. The molecule has 0 aliphatic carbocycles. The third-order valence-electron chi connectivity index (χ3n) is 6.76. The van der Waals surface area contributed by atoms with Crippen LogP contribution in [0.2, 0.25) is 5.02 Å². The first-order chi connectivity index (χ1) is 19.5. The highest BCUT2D eigenvalue weighted by Crippen LogP contribution is 2.30. The highest BCUT2D eigenvalue weighted by atomic mass is 35.5. The van der Waals surface area contributed by atoms with E-state index in [4.69, 9.17) is 21.3 Å². The van der Waals surface area contributed by atoms with E-state index >= 15 is 0 Å². The van der Waals surface area contributed by atoms with E-state index in [9.17, 15) is 9.59 Å². The summed E-state index contributed by atoms with van der Waals surface area (Å²) >= 11 is 6.27. The lowest BCUT2D eigenvalue weighted by atomic mass is 10.0. The summed E-state index contributed by atoms with van der Waals surface area (Å²) in [6.07, 6.45) is 1.85. The zero-order chi connectivity index (χ0) is 27.6. The maximum Gasteiger partial charge on any atom is 0.254 e. The molecule has 6 rings (SSSR count). The van der Waals surface area contributed by atoms with E-state index in [1.54, 1.807) is 42.3 Å². The van der Waals surface area contributed by atoms with Gasteiger partial charge in [-0.05, 0) is 64.4 Å². The van der Waals surface area contributed by atoms with Gasteiger partial charge in [0.25, 0.3) is 5.91 Å². The molecule has 1 atom stereocenters. The van der Waals surface area contributed by atoms with Gasteiger partial charge in [-0.2, -0.15) is 4.68 Å². The fraction of sp³-hybridized carbons (Fsp3) is 0.222. The number of nitrogens with zero attached hydrogens (tertiary/aromatic N) is 7. The van der Waals surface area contributed by atoms with Crippen molar-refractivity contribution in [1.29, 1.82) is 0 Å². The zero-order valence-electron chi connectivity index (χ0n) is 21.5. The van der Waals surface area contributed by atoms with Gasteiger partial charge in [0, 0.05) is 29.9 Å². The second kappa shape index (κ2) is 11.0. The van der Waals surface area contributed by atoms with Crippen molar-refractivity contribution in [2.24, 2.45) is 0 Å². The lowest BCUT2D eigenvalue weighted by Gasteiger charge is -2.38. The van der Waals surface area contributed by atoms with Crippen LogP contribution in [-0.4, -0.2) is 68.5 Å². The molecule has 0 radical (unpaired) electrons. The van der Waals surface area contributed by atoms with E-state index in [1.807, 2.05) is 36.4 Å². The van der Waals surface area contributed by atoms with Crippen molar-refractivity contribution in [1.82, 2.24) is 30.2 Å². The monoisotopic (exact) mass is 560 g/mol. The van der Waals surface area contributed by atoms with Crippen LogP contribution in [0.5, 0.6) is 0 Å². The van der Waals surface area contributed by atoms with E-state index in [1.165, 1.54) is 21.1 Å². The van der Waals surface area contributed by atoms with Crippen LogP contribution in [0.3, 0.4) is 0 Å². The van der Waals surface area contributed by atoms with E-state index in [2.05, 4.69) is 20.8 Å². The number of nitrogens with one attached hydrogen (secondary N) is 1. The Morgan fingerprint density at radius 1 is 1.05 bits per heavy atom. The van der Waals surface area contributed by atoms with Gasteiger partial charge < -0.3 is 10.2 Å². The minimum Gasteiger partial charge on any atom is -0.337 e. The van der Waals surface area contributed by atoms with Crippen molar-refractivity contribution in [3.8, 4) is 5.69 Å². The third kappa shape index (κ3) is 5.25. The Kier molecular flexibility index (Phi) is 7.13. The number of fused-ring (bicyclic) bond motifs is 1. The third-order valence-corrected chi connectivity index (χ3v) is 7.00. The number of amides is 2. The number of hydrogen-bond donors (Lipinski definition) is 1. The molecule has 0 spiro atoms.